The fourth-order valence-corrected chi connectivity index (χ4v) is 2.98. The predicted molar refractivity (Wildman–Crippen MR) is 113 cm³/mol. The van der Waals surface area contributed by atoms with Gasteiger partial charge in [-0.1, -0.05) is 28.1 Å². The van der Waals surface area contributed by atoms with Gasteiger partial charge in [0, 0.05) is 10.0 Å². The topological polar surface area (TPSA) is 103 Å². The maximum absolute atomic E-state index is 12.6. The Morgan fingerprint density at radius 2 is 2.03 bits per heavy atom. The zero-order valence-electron chi connectivity index (χ0n) is 15.7. The van der Waals surface area contributed by atoms with Gasteiger partial charge in [-0.15, -0.1) is 4.68 Å². The second-order valence-corrected chi connectivity index (χ2v) is 6.95. The molecule has 0 aliphatic carbocycles. The number of H-pyrrole nitrogens is 1. The third-order valence-corrected chi connectivity index (χ3v) is 4.48. The smallest absolute Gasteiger partial charge is 0.349 e. The molecular weight excluding hydrogens is 442 g/mol. The zero-order valence-corrected chi connectivity index (χ0v) is 17.3. The van der Waals surface area contributed by atoms with Gasteiger partial charge in [-0.3, -0.25) is 4.79 Å². The van der Waals surface area contributed by atoms with Crippen LogP contribution in [-0.2, 0) is 9.53 Å². The highest BCUT2D eigenvalue weighted by atomic mass is 79.9. The maximum Gasteiger partial charge on any atom is 0.349 e. The van der Waals surface area contributed by atoms with Crippen molar-refractivity contribution in [3.63, 3.8) is 0 Å². The lowest BCUT2D eigenvalue weighted by Gasteiger charge is -2.15. The molecule has 2 aromatic carbocycles. The van der Waals surface area contributed by atoms with Crippen LogP contribution in [0.4, 0.5) is 0 Å². The molecule has 1 N–H and O–H groups in total. The van der Waals surface area contributed by atoms with E-state index < -0.39 is 23.3 Å². The first-order valence-electron chi connectivity index (χ1n) is 8.82. The van der Waals surface area contributed by atoms with E-state index in [2.05, 4.69) is 26.0 Å². The zero-order chi connectivity index (χ0) is 21.0. The highest BCUT2D eigenvalue weighted by Gasteiger charge is 2.17. The number of halogens is 1. The molecule has 1 heterocycles. The predicted octanol–water partition coefficient (Wildman–Crippen LogP) is 2.66. The fourth-order valence-electron chi connectivity index (χ4n) is 2.60. The first kappa shape index (κ1) is 20.5. The van der Waals surface area contributed by atoms with Gasteiger partial charge in [-0.2, -0.15) is 5.10 Å². The standard InChI is InChI=1S/C20H18BrN3O5/c1-3-28-19(26)12(2)29-17-9-8-14(21)10-13(17)11-22-24-18(25)15-6-4-5-7-16(15)23-20(24)27/h4-12H,3H2,1-2H3,(H,23,27). The molecule has 150 valence electrons. The van der Waals surface area contributed by atoms with Gasteiger partial charge in [0.05, 0.1) is 23.7 Å². The van der Waals surface area contributed by atoms with E-state index in [9.17, 15) is 14.4 Å². The van der Waals surface area contributed by atoms with E-state index >= 15 is 0 Å². The van der Waals surface area contributed by atoms with E-state index in [1.165, 1.54) is 6.21 Å². The first-order chi connectivity index (χ1) is 13.9. The van der Waals surface area contributed by atoms with E-state index in [1.807, 2.05) is 0 Å². The minimum absolute atomic E-state index is 0.245. The molecule has 0 saturated carbocycles. The van der Waals surface area contributed by atoms with Gasteiger partial charge in [-0.25, -0.2) is 9.59 Å². The lowest BCUT2D eigenvalue weighted by atomic mass is 10.2. The van der Waals surface area contributed by atoms with E-state index in [0.29, 0.717) is 22.2 Å². The van der Waals surface area contributed by atoms with Crippen molar-refractivity contribution >= 4 is 39.0 Å². The number of benzene rings is 2. The number of hydrogen-bond donors (Lipinski definition) is 1. The summed E-state index contributed by atoms with van der Waals surface area (Å²) in [6.45, 7) is 3.52. The largest absolute Gasteiger partial charge is 0.478 e. The van der Waals surface area contributed by atoms with Crippen LogP contribution in [0.1, 0.15) is 19.4 Å². The summed E-state index contributed by atoms with van der Waals surface area (Å²) in [4.78, 5) is 39.3. The molecule has 0 saturated heterocycles. The van der Waals surface area contributed by atoms with Crippen LogP contribution < -0.4 is 16.0 Å². The Morgan fingerprint density at radius 3 is 2.79 bits per heavy atom. The van der Waals surface area contributed by atoms with Gasteiger partial charge in [0.25, 0.3) is 5.56 Å². The quantitative estimate of drug-likeness (QED) is 0.450. The molecule has 0 aliphatic heterocycles. The molecule has 0 spiro atoms. The summed E-state index contributed by atoms with van der Waals surface area (Å²) in [5.41, 5.74) is -0.307. The van der Waals surface area contributed by atoms with E-state index in [-0.39, 0.29) is 6.61 Å². The molecule has 0 bridgehead atoms. The summed E-state index contributed by atoms with van der Waals surface area (Å²) >= 11 is 3.36. The Morgan fingerprint density at radius 1 is 1.28 bits per heavy atom. The number of nitrogens with zero attached hydrogens (tertiary/aromatic N) is 2. The molecule has 0 amide bonds. The Kier molecular flexibility index (Phi) is 6.28. The van der Waals surface area contributed by atoms with Gasteiger partial charge in [-0.05, 0) is 44.2 Å². The fraction of sp³-hybridized carbons (Fsp3) is 0.200. The monoisotopic (exact) mass is 459 g/mol. The first-order valence-corrected chi connectivity index (χ1v) is 9.61. The number of para-hydroxylation sites is 1. The maximum atomic E-state index is 12.6. The van der Waals surface area contributed by atoms with Crippen LogP contribution in [0, 0.1) is 0 Å². The number of ether oxygens (including phenoxy) is 2. The van der Waals surface area contributed by atoms with Crippen molar-refractivity contribution in [2.45, 2.75) is 20.0 Å². The Bertz CT molecular complexity index is 1200. The number of esters is 1. The summed E-state index contributed by atoms with van der Waals surface area (Å²) in [6, 6.07) is 11.7. The summed E-state index contributed by atoms with van der Waals surface area (Å²) in [5, 5.41) is 4.37. The highest BCUT2D eigenvalue weighted by Crippen LogP contribution is 2.23. The van der Waals surface area contributed by atoms with Crippen molar-refractivity contribution in [3.8, 4) is 5.75 Å². The van der Waals surface area contributed by atoms with Crippen molar-refractivity contribution in [1.82, 2.24) is 9.66 Å². The second-order valence-electron chi connectivity index (χ2n) is 6.03. The second kappa shape index (κ2) is 8.87. The molecule has 3 aromatic rings. The third-order valence-electron chi connectivity index (χ3n) is 3.99. The van der Waals surface area contributed by atoms with Crippen LogP contribution in [0.3, 0.4) is 0 Å². The van der Waals surface area contributed by atoms with E-state index in [1.54, 1.807) is 56.3 Å². The minimum atomic E-state index is -0.838. The van der Waals surface area contributed by atoms with Crippen molar-refractivity contribution in [2.24, 2.45) is 5.10 Å². The van der Waals surface area contributed by atoms with Gasteiger partial charge in [0.15, 0.2) is 6.10 Å². The molecule has 1 atom stereocenters. The molecule has 0 fully saturated rings. The minimum Gasteiger partial charge on any atom is -0.478 e. The van der Waals surface area contributed by atoms with Crippen LogP contribution in [0.2, 0.25) is 0 Å². The molecule has 8 nitrogen and oxygen atoms in total. The van der Waals surface area contributed by atoms with Crippen LogP contribution in [0.25, 0.3) is 10.9 Å². The third kappa shape index (κ3) is 4.62. The van der Waals surface area contributed by atoms with Crippen molar-refractivity contribution in [3.05, 3.63) is 73.3 Å². The molecule has 0 radical (unpaired) electrons. The Labute approximate surface area is 173 Å². The van der Waals surface area contributed by atoms with Crippen molar-refractivity contribution in [1.29, 1.82) is 0 Å². The molecule has 9 heteroatoms. The Balaban J connectivity index is 1.98. The van der Waals surface area contributed by atoms with Gasteiger partial charge in [0.1, 0.15) is 5.75 Å². The summed E-state index contributed by atoms with van der Waals surface area (Å²) in [5.74, 6) is -0.150. The number of aromatic amines is 1. The lowest BCUT2D eigenvalue weighted by Crippen LogP contribution is -2.32. The van der Waals surface area contributed by atoms with E-state index in [0.717, 1.165) is 9.15 Å². The molecule has 0 aliphatic rings. The molecular formula is C20H18BrN3O5. The SMILES string of the molecule is CCOC(=O)C(C)Oc1ccc(Br)cc1C=Nn1c(=O)[nH]c2ccccc2c1=O. The summed E-state index contributed by atoms with van der Waals surface area (Å²) in [6.07, 6.45) is 0.485. The normalized spacial score (nSPS) is 12.2. The summed E-state index contributed by atoms with van der Waals surface area (Å²) < 4.78 is 12.1. The molecule has 1 unspecified atom stereocenters. The highest BCUT2D eigenvalue weighted by molar-refractivity contribution is 9.10. The Hall–Kier alpha value is -3.20. The molecule has 3 rings (SSSR count). The van der Waals surface area contributed by atoms with Crippen LogP contribution in [0.5, 0.6) is 5.75 Å². The van der Waals surface area contributed by atoms with Crippen LogP contribution >= 0.6 is 15.9 Å². The number of hydrogen-bond acceptors (Lipinski definition) is 6. The van der Waals surface area contributed by atoms with Gasteiger partial charge in [0.2, 0.25) is 0 Å². The van der Waals surface area contributed by atoms with Crippen molar-refractivity contribution in [2.75, 3.05) is 6.61 Å². The average Bonchev–Trinajstić information content (AvgIpc) is 2.69. The number of carbonyl (C=O) groups is 1. The van der Waals surface area contributed by atoms with Crippen molar-refractivity contribution < 1.29 is 14.3 Å². The molecule has 1 aromatic heterocycles. The van der Waals surface area contributed by atoms with Gasteiger partial charge >= 0.3 is 11.7 Å². The van der Waals surface area contributed by atoms with Gasteiger partial charge < -0.3 is 14.5 Å². The van der Waals surface area contributed by atoms with E-state index in [4.69, 9.17) is 9.47 Å². The summed E-state index contributed by atoms with van der Waals surface area (Å²) in [7, 11) is 0. The number of carbonyl (C=O) groups excluding carboxylic acids is 1. The number of fused-ring (bicyclic) bond motifs is 1. The lowest BCUT2D eigenvalue weighted by molar-refractivity contribution is -0.150. The van der Waals surface area contributed by atoms with Crippen LogP contribution in [-0.4, -0.2) is 34.6 Å². The number of rotatable bonds is 6. The average molecular weight is 460 g/mol. The number of nitrogens with one attached hydrogen (secondary N) is 1. The molecule has 29 heavy (non-hydrogen) atoms. The van der Waals surface area contributed by atoms with Crippen LogP contribution in [0.15, 0.2) is 61.6 Å². The number of aromatic nitrogens is 2.